The molecule has 0 radical (unpaired) electrons. The van der Waals surface area contributed by atoms with Gasteiger partial charge < -0.3 is 10.2 Å². The molecule has 3 rings (SSSR count). The number of hydrogen-bond acceptors (Lipinski definition) is 3. The van der Waals surface area contributed by atoms with Gasteiger partial charge in [-0.05, 0) is 23.8 Å². The molecule has 0 atom stereocenters. The van der Waals surface area contributed by atoms with Gasteiger partial charge in [0.15, 0.2) is 0 Å². The van der Waals surface area contributed by atoms with Crippen molar-refractivity contribution in [2.75, 3.05) is 14.1 Å². The van der Waals surface area contributed by atoms with Gasteiger partial charge in [-0.1, -0.05) is 24.3 Å². The summed E-state index contributed by atoms with van der Waals surface area (Å²) in [7, 11) is 3.43. The van der Waals surface area contributed by atoms with Crippen LogP contribution in [-0.2, 0) is 6.54 Å². The first-order valence-corrected chi connectivity index (χ1v) is 7.57. The highest BCUT2D eigenvalue weighted by Crippen LogP contribution is 2.15. The van der Waals surface area contributed by atoms with Gasteiger partial charge in [-0.3, -0.25) is 14.7 Å². The van der Waals surface area contributed by atoms with Crippen molar-refractivity contribution in [3.05, 3.63) is 65.4 Å². The van der Waals surface area contributed by atoms with E-state index in [1.807, 2.05) is 24.3 Å². The molecule has 0 saturated carbocycles. The van der Waals surface area contributed by atoms with E-state index in [0.717, 1.165) is 16.5 Å². The van der Waals surface area contributed by atoms with Gasteiger partial charge in [0.05, 0.1) is 17.3 Å². The molecule has 1 heterocycles. The topological polar surface area (TPSA) is 78.1 Å². The normalized spacial score (nSPS) is 10.6. The predicted molar refractivity (Wildman–Crippen MR) is 91.7 cm³/mol. The summed E-state index contributed by atoms with van der Waals surface area (Å²) in [5.74, 6) is -0.213. The summed E-state index contributed by atoms with van der Waals surface area (Å²) in [5.41, 5.74) is 2.83. The van der Waals surface area contributed by atoms with Crippen LogP contribution in [0.1, 0.15) is 26.3 Å². The lowest BCUT2D eigenvalue weighted by Gasteiger charge is -2.11. The lowest BCUT2D eigenvalue weighted by Crippen LogP contribution is -2.23. The number of carbonyl (C=O) groups excluding carboxylic acids is 2. The third-order valence-corrected chi connectivity index (χ3v) is 3.78. The second-order valence-corrected chi connectivity index (χ2v) is 5.72. The zero-order chi connectivity index (χ0) is 17.1. The second kappa shape index (κ2) is 6.54. The number of rotatable bonds is 4. The number of benzene rings is 2. The molecule has 2 amide bonds. The Bertz CT molecular complexity index is 881. The van der Waals surface area contributed by atoms with E-state index < -0.39 is 0 Å². The van der Waals surface area contributed by atoms with Crippen LogP contribution in [0.4, 0.5) is 0 Å². The van der Waals surface area contributed by atoms with E-state index >= 15 is 0 Å². The van der Waals surface area contributed by atoms with Crippen molar-refractivity contribution in [1.82, 2.24) is 20.4 Å². The summed E-state index contributed by atoms with van der Waals surface area (Å²) in [6.07, 6.45) is 1.69. The average molecular weight is 322 g/mol. The standard InChI is InChI=1S/C18H18N4O2/c1-22(2)18(24)13-8-6-12(7-9-13)10-19-17(23)15-5-3-4-14-11-20-21-16(14)15/h3-9,11H,10H2,1-2H3,(H,19,23)(H,20,21). The van der Waals surface area contributed by atoms with Crippen LogP contribution in [0.25, 0.3) is 10.9 Å². The summed E-state index contributed by atoms with van der Waals surface area (Å²) in [4.78, 5) is 25.8. The highest BCUT2D eigenvalue weighted by atomic mass is 16.2. The Morgan fingerprint density at radius 2 is 1.88 bits per heavy atom. The van der Waals surface area contributed by atoms with E-state index in [1.54, 1.807) is 38.5 Å². The third-order valence-electron chi connectivity index (χ3n) is 3.78. The first-order chi connectivity index (χ1) is 11.6. The predicted octanol–water partition coefficient (Wildman–Crippen LogP) is 2.19. The lowest BCUT2D eigenvalue weighted by molar-refractivity contribution is 0.0827. The molecule has 0 aliphatic carbocycles. The largest absolute Gasteiger partial charge is 0.348 e. The monoisotopic (exact) mass is 322 g/mol. The summed E-state index contributed by atoms with van der Waals surface area (Å²) < 4.78 is 0. The van der Waals surface area contributed by atoms with Gasteiger partial charge in [0.25, 0.3) is 11.8 Å². The zero-order valence-corrected chi connectivity index (χ0v) is 13.5. The molecule has 0 bridgehead atoms. The summed E-state index contributed by atoms with van der Waals surface area (Å²) in [6.45, 7) is 0.389. The molecule has 0 unspecified atom stereocenters. The van der Waals surface area contributed by atoms with Gasteiger partial charge in [0, 0.05) is 31.6 Å². The first-order valence-electron chi connectivity index (χ1n) is 7.57. The van der Waals surface area contributed by atoms with Crippen molar-refractivity contribution in [2.45, 2.75) is 6.54 Å². The number of hydrogen-bond donors (Lipinski definition) is 2. The number of para-hydroxylation sites is 1. The molecule has 2 aromatic carbocycles. The fourth-order valence-electron chi connectivity index (χ4n) is 2.46. The Labute approximate surface area is 139 Å². The Balaban J connectivity index is 1.68. The maximum absolute atomic E-state index is 12.4. The van der Waals surface area contributed by atoms with Gasteiger partial charge in [-0.15, -0.1) is 0 Å². The molecule has 0 aliphatic rings. The Kier molecular flexibility index (Phi) is 4.29. The van der Waals surface area contributed by atoms with Crippen LogP contribution < -0.4 is 5.32 Å². The van der Waals surface area contributed by atoms with E-state index in [-0.39, 0.29) is 11.8 Å². The number of nitrogens with one attached hydrogen (secondary N) is 2. The van der Waals surface area contributed by atoms with E-state index in [1.165, 1.54) is 4.90 Å². The van der Waals surface area contributed by atoms with Crippen molar-refractivity contribution < 1.29 is 9.59 Å². The minimum Gasteiger partial charge on any atom is -0.348 e. The highest BCUT2D eigenvalue weighted by molar-refractivity contribution is 6.05. The third kappa shape index (κ3) is 3.12. The Morgan fingerprint density at radius 3 is 2.58 bits per heavy atom. The lowest BCUT2D eigenvalue weighted by atomic mass is 10.1. The number of nitrogens with zero attached hydrogens (tertiary/aromatic N) is 2. The molecule has 6 nitrogen and oxygen atoms in total. The number of carbonyl (C=O) groups is 2. The molecule has 0 spiro atoms. The SMILES string of the molecule is CN(C)C(=O)c1ccc(CNC(=O)c2cccc3cn[nH]c23)cc1. The van der Waals surface area contributed by atoms with Crippen molar-refractivity contribution >= 4 is 22.7 Å². The minimum absolute atomic E-state index is 0.0449. The van der Waals surface area contributed by atoms with Crippen LogP contribution in [0.5, 0.6) is 0 Å². The average Bonchev–Trinajstić information content (AvgIpc) is 3.08. The molecule has 0 fully saturated rings. The molecule has 122 valence electrons. The molecule has 0 aliphatic heterocycles. The fourth-order valence-corrected chi connectivity index (χ4v) is 2.46. The van der Waals surface area contributed by atoms with Crippen LogP contribution in [0, 0.1) is 0 Å². The number of H-pyrrole nitrogens is 1. The molecule has 1 aromatic heterocycles. The fraction of sp³-hybridized carbons (Fsp3) is 0.167. The molecule has 6 heteroatoms. The second-order valence-electron chi connectivity index (χ2n) is 5.72. The smallest absolute Gasteiger partial charge is 0.253 e. The van der Waals surface area contributed by atoms with Crippen molar-refractivity contribution in [3.8, 4) is 0 Å². The van der Waals surface area contributed by atoms with Crippen LogP contribution >= 0.6 is 0 Å². The Hall–Kier alpha value is -3.15. The molecule has 3 aromatic rings. The molecule has 24 heavy (non-hydrogen) atoms. The minimum atomic E-state index is -0.168. The quantitative estimate of drug-likeness (QED) is 0.773. The number of amides is 2. The van der Waals surface area contributed by atoms with Gasteiger partial charge in [-0.2, -0.15) is 5.10 Å². The molecule has 0 saturated heterocycles. The van der Waals surface area contributed by atoms with Crippen molar-refractivity contribution in [1.29, 1.82) is 0 Å². The summed E-state index contributed by atoms with van der Waals surface area (Å²) >= 11 is 0. The van der Waals surface area contributed by atoms with E-state index in [9.17, 15) is 9.59 Å². The van der Waals surface area contributed by atoms with Crippen LogP contribution in [0.3, 0.4) is 0 Å². The maximum Gasteiger partial charge on any atom is 0.253 e. The number of fused-ring (bicyclic) bond motifs is 1. The maximum atomic E-state index is 12.4. The summed E-state index contributed by atoms with van der Waals surface area (Å²) in [6, 6.07) is 12.7. The van der Waals surface area contributed by atoms with E-state index in [4.69, 9.17) is 0 Å². The molecular formula is C18H18N4O2. The number of aromatic amines is 1. The van der Waals surface area contributed by atoms with E-state index in [0.29, 0.717) is 17.7 Å². The van der Waals surface area contributed by atoms with Gasteiger partial charge in [0.1, 0.15) is 0 Å². The van der Waals surface area contributed by atoms with Crippen molar-refractivity contribution in [3.63, 3.8) is 0 Å². The Morgan fingerprint density at radius 1 is 1.12 bits per heavy atom. The van der Waals surface area contributed by atoms with Crippen LogP contribution in [0.2, 0.25) is 0 Å². The van der Waals surface area contributed by atoms with Gasteiger partial charge in [-0.25, -0.2) is 0 Å². The first kappa shape index (κ1) is 15.7. The van der Waals surface area contributed by atoms with Crippen LogP contribution in [0.15, 0.2) is 48.7 Å². The zero-order valence-electron chi connectivity index (χ0n) is 13.5. The van der Waals surface area contributed by atoms with Crippen LogP contribution in [-0.4, -0.2) is 41.0 Å². The molecular weight excluding hydrogens is 304 g/mol. The van der Waals surface area contributed by atoms with Gasteiger partial charge >= 0.3 is 0 Å². The highest BCUT2D eigenvalue weighted by Gasteiger charge is 2.11. The van der Waals surface area contributed by atoms with E-state index in [2.05, 4.69) is 15.5 Å². The van der Waals surface area contributed by atoms with Gasteiger partial charge in [0.2, 0.25) is 0 Å². The molecule has 2 N–H and O–H groups in total. The van der Waals surface area contributed by atoms with Crippen molar-refractivity contribution in [2.24, 2.45) is 0 Å². The summed E-state index contributed by atoms with van der Waals surface area (Å²) in [5, 5.41) is 10.6. The number of aromatic nitrogens is 2.